The quantitative estimate of drug-likeness (QED) is 0.506. The summed E-state index contributed by atoms with van der Waals surface area (Å²) >= 11 is 0. The summed E-state index contributed by atoms with van der Waals surface area (Å²) in [6.07, 6.45) is 1.43. The van der Waals surface area contributed by atoms with Crippen molar-refractivity contribution in [3.05, 3.63) is 54.1 Å². The van der Waals surface area contributed by atoms with Crippen LogP contribution in [0.25, 0.3) is 0 Å². The van der Waals surface area contributed by atoms with Crippen molar-refractivity contribution >= 4 is 17.8 Å². The highest BCUT2D eigenvalue weighted by atomic mass is 16.5. The zero-order chi connectivity index (χ0) is 21.9. The molecular formula is C22H28N2O6. The summed E-state index contributed by atoms with van der Waals surface area (Å²) in [4.78, 5) is 23.9. The Labute approximate surface area is 176 Å². The molecule has 0 bridgehead atoms. The van der Waals surface area contributed by atoms with Crippen LogP contribution < -0.4 is 14.8 Å². The number of urea groups is 1. The number of aliphatic hydroxyl groups is 1. The van der Waals surface area contributed by atoms with Crippen molar-refractivity contribution < 1.29 is 29.3 Å². The number of aliphatic hydroxyl groups excluding tert-OH is 1. The van der Waals surface area contributed by atoms with E-state index < -0.39 is 24.8 Å². The van der Waals surface area contributed by atoms with Crippen LogP contribution in [0, 0.1) is 0 Å². The second-order valence-corrected chi connectivity index (χ2v) is 6.79. The first-order valence-corrected chi connectivity index (χ1v) is 9.74. The summed E-state index contributed by atoms with van der Waals surface area (Å²) in [7, 11) is 1.65. The maximum Gasteiger partial charge on any atom is 0.415 e. The molecule has 0 fully saturated rings. The van der Waals surface area contributed by atoms with Crippen molar-refractivity contribution in [3.8, 4) is 11.5 Å². The van der Waals surface area contributed by atoms with Crippen LogP contribution in [0.15, 0.2) is 48.5 Å². The molecule has 0 radical (unpaired) electrons. The Balaban J connectivity index is 1.74. The predicted octanol–water partition coefficient (Wildman–Crippen LogP) is 3.99. The number of benzene rings is 2. The average Bonchev–Trinajstić information content (AvgIpc) is 2.74. The van der Waals surface area contributed by atoms with E-state index in [9.17, 15) is 9.59 Å². The highest BCUT2D eigenvalue weighted by molar-refractivity contribution is 5.98. The molecule has 0 aliphatic carbocycles. The Bertz CT molecular complexity index is 807. The smallest absolute Gasteiger partial charge is 0.415 e. The molecule has 2 aromatic rings. The van der Waals surface area contributed by atoms with Gasteiger partial charge in [-0.1, -0.05) is 12.1 Å². The van der Waals surface area contributed by atoms with Gasteiger partial charge < -0.3 is 25.0 Å². The van der Waals surface area contributed by atoms with Crippen LogP contribution in [0.3, 0.4) is 0 Å². The highest BCUT2D eigenvalue weighted by Gasteiger charge is 2.26. The zero-order valence-electron chi connectivity index (χ0n) is 17.2. The van der Waals surface area contributed by atoms with Gasteiger partial charge in [0.1, 0.15) is 11.5 Å². The number of methoxy groups -OCH3 is 1. The van der Waals surface area contributed by atoms with Gasteiger partial charge in [0.25, 0.3) is 0 Å². The fourth-order valence-corrected chi connectivity index (χ4v) is 2.79. The molecule has 8 heteroatoms. The van der Waals surface area contributed by atoms with Gasteiger partial charge in [-0.25, -0.2) is 14.5 Å². The molecule has 1 atom stereocenters. The lowest BCUT2D eigenvalue weighted by Gasteiger charge is -2.23. The zero-order valence-corrected chi connectivity index (χ0v) is 17.2. The molecule has 2 aromatic carbocycles. The molecule has 0 spiro atoms. The summed E-state index contributed by atoms with van der Waals surface area (Å²) < 4.78 is 10.9. The number of nitrogens with zero attached hydrogens (tertiary/aromatic N) is 1. The Morgan fingerprint density at radius 1 is 1.03 bits per heavy atom. The summed E-state index contributed by atoms with van der Waals surface area (Å²) in [6.45, 7) is 1.56. The van der Waals surface area contributed by atoms with E-state index >= 15 is 0 Å². The van der Waals surface area contributed by atoms with E-state index in [-0.39, 0.29) is 0 Å². The number of rotatable bonds is 10. The second-order valence-electron chi connectivity index (χ2n) is 6.79. The Kier molecular flexibility index (Phi) is 8.96. The number of aryl methyl sites for hydroxylation is 1. The molecule has 162 valence electrons. The number of carboxylic acid groups (broad SMARTS) is 1. The minimum atomic E-state index is -1.43. The molecule has 0 saturated carbocycles. The molecule has 1 unspecified atom stereocenters. The summed E-state index contributed by atoms with van der Waals surface area (Å²) in [5.74, 6) is 1.51. The van der Waals surface area contributed by atoms with Gasteiger partial charge in [-0.05, 0) is 68.1 Å². The number of amides is 3. The topological polar surface area (TPSA) is 108 Å². The number of unbranched alkanes of at least 4 members (excludes halogenated alkanes) is 1. The first-order valence-electron chi connectivity index (χ1n) is 9.74. The molecule has 0 aromatic heterocycles. The van der Waals surface area contributed by atoms with Crippen molar-refractivity contribution in [1.29, 1.82) is 0 Å². The maximum atomic E-state index is 12.1. The van der Waals surface area contributed by atoms with Crippen LogP contribution in [0.4, 0.5) is 15.3 Å². The Hall–Kier alpha value is -3.26. The van der Waals surface area contributed by atoms with E-state index in [2.05, 4.69) is 17.4 Å². The lowest BCUT2D eigenvalue weighted by molar-refractivity contribution is 0.120. The van der Waals surface area contributed by atoms with Crippen LogP contribution in [0.2, 0.25) is 0 Å². The Morgan fingerprint density at radius 3 is 2.23 bits per heavy atom. The average molecular weight is 416 g/mol. The van der Waals surface area contributed by atoms with Gasteiger partial charge in [-0.15, -0.1) is 0 Å². The first-order chi connectivity index (χ1) is 14.4. The molecule has 3 N–H and O–H groups in total. The van der Waals surface area contributed by atoms with E-state index in [1.165, 1.54) is 12.5 Å². The summed E-state index contributed by atoms with van der Waals surface area (Å²) in [5.41, 5.74) is 1.69. The normalized spacial score (nSPS) is 11.4. The number of carbonyl (C=O) groups excluding carboxylic acids is 1. The van der Waals surface area contributed by atoms with Gasteiger partial charge in [0.15, 0.2) is 0 Å². The van der Waals surface area contributed by atoms with E-state index in [1.54, 1.807) is 31.4 Å². The monoisotopic (exact) mass is 416 g/mol. The third-order valence-electron chi connectivity index (χ3n) is 4.52. The predicted molar refractivity (Wildman–Crippen MR) is 113 cm³/mol. The molecule has 0 aliphatic rings. The van der Waals surface area contributed by atoms with Crippen LogP contribution in [0.5, 0.6) is 11.5 Å². The van der Waals surface area contributed by atoms with E-state index in [0.29, 0.717) is 22.9 Å². The lowest BCUT2D eigenvalue weighted by atomic mass is 10.1. The minimum Gasteiger partial charge on any atom is -0.497 e. The van der Waals surface area contributed by atoms with E-state index in [1.807, 2.05) is 12.1 Å². The van der Waals surface area contributed by atoms with Crippen LogP contribution in [-0.4, -0.2) is 53.6 Å². The number of ether oxygens (including phenoxy) is 2. The number of hydrogen-bond acceptors (Lipinski definition) is 5. The van der Waals surface area contributed by atoms with Gasteiger partial charge in [-0.3, -0.25) is 0 Å². The largest absolute Gasteiger partial charge is 0.497 e. The van der Waals surface area contributed by atoms with Crippen molar-refractivity contribution in [3.63, 3.8) is 0 Å². The fraction of sp³-hybridized carbons (Fsp3) is 0.364. The molecule has 30 heavy (non-hydrogen) atoms. The molecule has 8 nitrogen and oxygen atoms in total. The second kappa shape index (κ2) is 11.7. The van der Waals surface area contributed by atoms with Gasteiger partial charge in [0.2, 0.25) is 0 Å². The van der Waals surface area contributed by atoms with Crippen LogP contribution >= 0.6 is 0 Å². The minimum absolute atomic E-state index is 0.434. The van der Waals surface area contributed by atoms with Gasteiger partial charge in [0.05, 0.1) is 26.4 Å². The van der Waals surface area contributed by atoms with Gasteiger partial charge in [-0.2, -0.15) is 0 Å². The highest BCUT2D eigenvalue weighted by Crippen LogP contribution is 2.18. The molecule has 0 aliphatic heterocycles. The number of carbonyl (C=O) groups is 2. The first kappa shape index (κ1) is 23.0. The Morgan fingerprint density at radius 2 is 1.67 bits per heavy atom. The molecule has 3 amide bonds. The standard InChI is InChI=1S/C22H28N2O6/c1-16(15-25)24(22(27)28)21(26)23-18-8-12-20(13-9-18)30-14-4-3-5-17-6-10-19(29-2)11-7-17/h6-13,16,25H,3-5,14-15H2,1-2H3,(H,23,26)(H,27,28). The SMILES string of the molecule is COc1ccc(CCCCOc2ccc(NC(=O)N(C(=O)O)C(C)CO)cc2)cc1. The van der Waals surface area contributed by atoms with Gasteiger partial charge >= 0.3 is 12.1 Å². The molecule has 0 heterocycles. The summed E-state index contributed by atoms with van der Waals surface area (Å²) in [6, 6.07) is 13.0. The third kappa shape index (κ3) is 6.97. The van der Waals surface area contributed by atoms with Crippen LogP contribution in [-0.2, 0) is 6.42 Å². The number of nitrogens with one attached hydrogen (secondary N) is 1. The molecule has 2 rings (SSSR count). The maximum absolute atomic E-state index is 12.1. The number of imide groups is 1. The van der Waals surface area contributed by atoms with Crippen LogP contribution in [0.1, 0.15) is 25.3 Å². The molecular weight excluding hydrogens is 388 g/mol. The van der Waals surface area contributed by atoms with Crippen molar-refractivity contribution in [2.45, 2.75) is 32.2 Å². The third-order valence-corrected chi connectivity index (χ3v) is 4.52. The van der Waals surface area contributed by atoms with Gasteiger partial charge in [0, 0.05) is 5.69 Å². The van der Waals surface area contributed by atoms with E-state index in [0.717, 1.165) is 25.0 Å². The van der Waals surface area contributed by atoms with Crippen molar-refractivity contribution in [2.75, 3.05) is 25.6 Å². The molecule has 0 saturated heterocycles. The number of anilines is 1. The lowest BCUT2D eigenvalue weighted by Crippen LogP contribution is -2.46. The number of hydrogen-bond donors (Lipinski definition) is 3. The van der Waals surface area contributed by atoms with E-state index in [4.69, 9.17) is 19.7 Å². The fourth-order valence-electron chi connectivity index (χ4n) is 2.79. The summed E-state index contributed by atoms with van der Waals surface area (Å²) in [5, 5.41) is 20.7. The van der Waals surface area contributed by atoms with Crippen molar-refractivity contribution in [2.24, 2.45) is 0 Å². The van der Waals surface area contributed by atoms with Crippen molar-refractivity contribution in [1.82, 2.24) is 4.90 Å².